The first-order valence-corrected chi connectivity index (χ1v) is 9.66. The molecule has 2 aromatic heterocycles. The van der Waals surface area contributed by atoms with E-state index in [4.69, 9.17) is 14.5 Å². The zero-order valence-corrected chi connectivity index (χ0v) is 16.9. The number of fused-ring (bicyclic) bond motifs is 1. The summed E-state index contributed by atoms with van der Waals surface area (Å²) in [5.74, 6) is 1.83. The van der Waals surface area contributed by atoms with Gasteiger partial charge in [-0.3, -0.25) is 4.79 Å². The smallest absolute Gasteiger partial charge is 0.264 e. The highest BCUT2D eigenvalue weighted by Crippen LogP contribution is 2.33. The molecule has 1 aliphatic heterocycles. The van der Waals surface area contributed by atoms with Crippen LogP contribution in [0.15, 0.2) is 35.4 Å². The summed E-state index contributed by atoms with van der Waals surface area (Å²) < 4.78 is 12.2. The lowest BCUT2D eigenvalue weighted by molar-refractivity contribution is 0.355. The average Bonchev–Trinajstić information content (AvgIpc) is 2.76. The van der Waals surface area contributed by atoms with E-state index >= 15 is 0 Å². The molecule has 0 bridgehead atoms. The Labute approximate surface area is 168 Å². The van der Waals surface area contributed by atoms with Gasteiger partial charge in [0.15, 0.2) is 11.5 Å². The number of piperidine rings is 1. The lowest BCUT2D eigenvalue weighted by atomic mass is 10.1. The highest BCUT2D eigenvalue weighted by molar-refractivity contribution is 5.91. The standard InChI is InChI=1S/C21H25N5O3/c1-26-12-23-16-10-15(13-6-7-17(28-2)18(9-13)29-3)25-20(19(16)21(26)27)24-14-5-4-8-22-11-14/h6-7,9-10,12,14,22H,4-5,8,11H2,1-3H3,(H,24,25). The van der Waals surface area contributed by atoms with Crippen LogP contribution in [0, 0.1) is 0 Å². The summed E-state index contributed by atoms with van der Waals surface area (Å²) in [5.41, 5.74) is 2.06. The van der Waals surface area contributed by atoms with Crippen LogP contribution in [0.2, 0.25) is 0 Å². The minimum absolute atomic E-state index is 0.118. The van der Waals surface area contributed by atoms with Crippen LogP contribution in [0.3, 0.4) is 0 Å². The second kappa shape index (κ2) is 8.08. The number of benzene rings is 1. The van der Waals surface area contributed by atoms with Crippen molar-refractivity contribution >= 4 is 16.7 Å². The summed E-state index contributed by atoms with van der Waals surface area (Å²) in [6.45, 7) is 1.85. The molecule has 4 rings (SSSR count). The quantitative estimate of drug-likeness (QED) is 0.684. The molecule has 1 fully saturated rings. The fraction of sp³-hybridized carbons (Fsp3) is 0.381. The molecule has 0 aliphatic carbocycles. The molecule has 0 spiro atoms. The number of ether oxygens (including phenoxy) is 2. The fourth-order valence-corrected chi connectivity index (χ4v) is 3.64. The third-order valence-corrected chi connectivity index (χ3v) is 5.22. The van der Waals surface area contributed by atoms with Gasteiger partial charge in [-0.1, -0.05) is 0 Å². The summed E-state index contributed by atoms with van der Waals surface area (Å²) >= 11 is 0. The van der Waals surface area contributed by atoms with Crippen molar-refractivity contribution in [2.24, 2.45) is 7.05 Å². The van der Waals surface area contributed by atoms with Crippen molar-refractivity contribution in [1.29, 1.82) is 0 Å². The number of aromatic nitrogens is 3. The zero-order chi connectivity index (χ0) is 20.4. The van der Waals surface area contributed by atoms with E-state index in [1.54, 1.807) is 21.3 Å². The van der Waals surface area contributed by atoms with Crippen molar-refractivity contribution in [2.75, 3.05) is 32.6 Å². The molecule has 0 radical (unpaired) electrons. The van der Waals surface area contributed by atoms with E-state index in [0.29, 0.717) is 33.9 Å². The van der Waals surface area contributed by atoms with E-state index in [2.05, 4.69) is 15.6 Å². The van der Waals surface area contributed by atoms with Crippen molar-refractivity contribution in [1.82, 2.24) is 19.9 Å². The molecule has 0 saturated carbocycles. The predicted octanol–water partition coefficient (Wildman–Crippen LogP) is 2.18. The molecule has 2 N–H and O–H groups in total. The first kappa shape index (κ1) is 19.2. The Morgan fingerprint density at radius 1 is 1.21 bits per heavy atom. The summed E-state index contributed by atoms with van der Waals surface area (Å²) in [5, 5.41) is 7.36. The van der Waals surface area contributed by atoms with Gasteiger partial charge >= 0.3 is 0 Å². The number of methoxy groups -OCH3 is 2. The lowest BCUT2D eigenvalue weighted by Crippen LogP contribution is -2.39. The summed E-state index contributed by atoms with van der Waals surface area (Å²) in [6.07, 6.45) is 3.65. The molecule has 1 saturated heterocycles. The van der Waals surface area contributed by atoms with E-state index in [-0.39, 0.29) is 11.6 Å². The van der Waals surface area contributed by atoms with Crippen LogP contribution in [0.1, 0.15) is 12.8 Å². The molecule has 8 nitrogen and oxygen atoms in total. The minimum atomic E-state index is -0.118. The van der Waals surface area contributed by atoms with Gasteiger partial charge in [0.1, 0.15) is 11.2 Å². The molecule has 1 unspecified atom stereocenters. The van der Waals surface area contributed by atoms with Crippen LogP contribution in [0.25, 0.3) is 22.2 Å². The molecule has 8 heteroatoms. The largest absolute Gasteiger partial charge is 0.493 e. The molecule has 3 aromatic rings. The number of anilines is 1. The van der Waals surface area contributed by atoms with Gasteiger partial charge in [-0.2, -0.15) is 0 Å². The number of hydrogen-bond donors (Lipinski definition) is 2. The van der Waals surface area contributed by atoms with Gasteiger partial charge < -0.3 is 24.7 Å². The first-order valence-electron chi connectivity index (χ1n) is 9.66. The molecule has 1 atom stereocenters. The highest BCUT2D eigenvalue weighted by atomic mass is 16.5. The van der Waals surface area contributed by atoms with Crippen LogP contribution in [0.4, 0.5) is 5.82 Å². The average molecular weight is 395 g/mol. The van der Waals surface area contributed by atoms with Crippen molar-refractivity contribution < 1.29 is 9.47 Å². The fourth-order valence-electron chi connectivity index (χ4n) is 3.64. The minimum Gasteiger partial charge on any atom is -0.493 e. The van der Waals surface area contributed by atoms with Gasteiger partial charge in [-0.15, -0.1) is 0 Å². The van der Waals surface area contributed by atoms with E-state index in [9.17, 15) is 4.79 Å². The number of hydrogen-bond acceptors (Lipinski definition) is 7. The molecule has 29 heavy (non-hydrogen) atoms. The van der Waals surface area contributed by atoms with Crippen molar-refractivity contribution in [2.45, 2.75) is 18.9 Å². The van der Waals surface area contributed by atoms with E-state index in [1.165, 1.54) is 10.9 Å². The van der Waals surface area contributed by atoms with Gasteiger partial charge in [-0.25, -0.2) is 9.97 Å². The van der Waals surface area contributed by atoms with Crippen molar-refractivity contribution in [3.8, 4) is 22.8 Å². The van der Waals surface area contributed by atoms with E-state index in [1.807, 2.05) is 24.3 Å². The van der Waals surface area contributed by atoms with Gasteiger partial charge in [-0.05, 0) is 43.7 Å². The summed E-state index contributed by atoms with van der Waals surface area (Å²) in [6, 6.07) is 7.69. The number of rotatable bonds is 5. The number of nitrogens with zero attached hydrogens (tertiary/aromatic N) is 3. The van der Waals surface area contributed by atoms with Crippen LogP contribution >= 0.6 is 0 Å². The second-order valence-electron chi connectivity index (χ2n) is 7.17. The molecule has 152 valence electrons. The first-order chi connectivity index (χ1) is 14.1. The van der Waals surface area contributed by atoms with Gasteiger partial charge in [0.2, 0.25) is 0 Å². The Morgan fingerprint density at radius 2 is 2.03 bits per heavy atom. The number of aryl methyl sites for hydroxylation is 1. The molecule has 1 aliphatic rings. The van der Waals surface area contributed by atoms with E-state index in [0.717, 1.165) is 31.5 Å². The Balaban J connectivity index is 1.85. The third kappa shape index (κ3) is 3.75. The third-order valence-electron chi connectivity index (χ3n) is 5.22. The molecular weight excluding hydrogens is 370 g/mol. The predicted molar refractivity (Wildman–Crippen MR) is 113 cm³/mol. The van der Waals surface area contributed by atoms with Crippen LogP contribution in [-0.4, -0.2) is 47.9 Å². The van der Waals surface area contributed by atoms with Gasteiger partial charge in [0.05, 0.1) is 31.8 Å². The molecule has 0 amide bonds. The highest BCUT2D eigenvalue weighted by Gasteiger charge is 2.19. The molecule has 1 aromatic carbocycles. The normalized spacial score (nSPS) is 16.6. The Hall–Kier alpha value is -3.13. The van der Waals surface area contributed by atoms with Crippen molar-refractivity contribution in [3.05, 3.63) is 40.9 Å². The maximum Gasteiger partial charge on any atom is 0.264 e. The van der Waals surface area contributed by atoms with Crippen molar-refractivity contribution in [3.63, 3.8) is 0 Å². The Kier molecular flexibility index (Phi) is 5.35. The molecule has 3 heterocycles. The zero-order valence-electron chi connectivity index (χ0n) is 16.9. The van der Waals surface area contributed by atoms with Gasteiger partial charge in [0.25, 0.3) is 5.56 Å². The SMILES string of the molecule is COc1ccc(-c2cc3ncn(C)c(=O)c3c(NC3CCCNC3)n2)cc1OC. The van der Waals surface area contributed by atoms with Crippen LogP contribution in [0.5, 0.6) is 11.5 Å². The van der Waals surface area contributed by atoms with Crippen LogP contribution < -0.4 is 25.7 Å². The summed E-state index contributed by atoms with van der Waals surface area (Å²) in [4.78, 5) is 22.1. The Morgan fingerprint density at radius 3 is 2.76 bits per heavy atom. The van der Waals surface area contributed by atoms with Crippen LogP contribution in [-0.2, 0) is 7.05 Å². The van der Waals surface area contributed by atoms with Gasteiger partial charge in [0, 0.05) is 25.2 Å². The topological polar surface area (TPSA) is 90.3 Å². The number of pyridine rings is 1. The van der Waals surface area contributed by atoms with E-state index < -0.39 is 0 Å². The Bertz CT molecular complexity index is 1090. The second-order valence-corrected chi connectivity index (χ2v) is 7.17. The maximum atomic E-state index is 12.8. The maximum absolute atomic E-state index is 12.8. The summed E-state index contributed by atoms with van der Waals surface area (Å²) in [7, 11) is 4.90. The lowest BCUT2D eigenvalue weighted by Gasteiger charge is -2.25. The number of nitrogens with one attached hydrogen (secondary N) is 2. The molecular formula is C21H25N5O3. The monoisotopic (exact) mass is 395 g/mol.